The number of hydrogen-bond donors (Lipinski definition) is 1. The van der Waals surface area contributed by atoms with Gasteiger partial charge < -0.3 is 9.73 Å². The number of halogens is 1. The minimum absolute atomic E-state index is 0.164. The molecule has 1 aromatic heterocycles. The molecule has 1 amide bonds. The first-order chi connectivity index (χ1) is 10.1. The first-order valence-electron chi connectivity index (χ1n) is 7.56. The molecule has 1 aromatic carbocycles. The predicted octanol–water partition coefficient (Wildman–Crippen LogP) is 4.19. The van der Waals surface area contributed by atoms with Gasteiger partial charge in [0.25, 0.3) is 5.91 Å². The van der Waals surface area contributed by atoms with E-state index in [1.165, 1.54) is 12.5 Å². The fourth-order valence-corrected chi connectivity index (χ4v) is 3.19. The summed E-state index contributed by atoms with van der Waals surface area (Å²) in [6, 6.07) is 4.93. The number of carbonyl (C=O) groups is 1. The Labute approximate surface area is 123 Å². The van der Waals surface area contributed by atoms with Crippen molar-refractivity contribution >= 4 is 16.9 Å². The quantitative estimate of drug-likeness (QED) is 0.900. The van der Waals surface area contributed by atoms with Crippen molar-refractivity contribution in [3.8, 4) is 0 Å². The normalized spacial score (nSPS) is 22.4. The molecule has 0 bridgehead atoms. The molecule has 2 unspecified atom stereocenters. The topological polar surface area (TPSA) is 42.2 Å². The summed E-state index contributed by atoms with van der Waals surface area (Å²) in [7, 11) is 0. The van der Waals surface area contributed by atoms with Crippen molar-refractivity contribution in [1.82, 2.24) is 5.32 Å². The molecule has 112 valence electrons. The van der Waals surface area contributed by atoms with Crippen LogP contribution < -0.4 is 5.32 Å². The maximum absolute atomic E-state index is 13.7. The highest BCUT2D eigenvalue weighted by molar-refractivity contribution is 5.99. The van der Waals surface area contributed by atoms with E-state index in [4.69, 9.17) is 4.42 Å². The second-order valence-electron chi connectivity index (χ2n) is 6.01. The monoisotopic (exact) mass is 289 g/mol. The molecule has 0 aliphatic heterocycles. The summed E-state index contributed by atoms with van der Waals surface area (Å²) in [5.74, 6) is 0.0412. The molecule has 3 nitrogen and oxygen atoms in total. The number of furan rings is 1. The first kappa shape index (κ1) is 14.1. The summed E-state index contributed by atoms with van der Waals surface area (Å²) < 4.78 is 19.2. The van der Waals surface area contributed by atoms with Crippen LogP contribution in [0.1, 0.15) is 48.7 Å². The molecule has 1 aliphatic rings. The number of carbonyl (C=O) groups excluding carboxylic acids is 1. The highest BCUT2D eigenvalue weighted by Crippen LogP contribution is 2.28. The molecule has 1 saturated carbocycles. The Bertz CT molecular complexity index is 677. The molecule has 1 heterocycles. The molecule has 4 heteroatoms. The van der Waals surface area contributed by atoms with Crippen LogP contribution in [0.4, 0.5) is 4.39 Å². The third kappa shape index (κ3) is 2.55. The lowest BCUT2D eigenvalue weighted by molar-refractivity contribution is 0.0883. The summed E-state index contributed by atoms with van der Waals surface area (Å²) in [5, 5.41) is 3.71. The van der Waals surface area contributed by atoms with E-state index in [1.807, 2.05) is 0 Å². The molecule has 2 aromatic rings. The number of benzene rings is 1. The van der Waals surface area contributed by atoms with E-state index >= 15 is 0 Å². The van der Waals surface area contributed by atoms with E-state index in [9.17, 15) is 9.18 Å². The van der Waals surface area contributed by atoms with E-state index in [-0.39, 0.29) is 23.3 Å². The second kappa shape index (κ2) is 5.51. The lowest BCUT2D eigenvalue weighted by Crippen LogP contribution is -2.41. The lowest BCUT2D eigenvalue weighted by Gasteiger charge is -2.29. The molecule has 21 heavy (non-hydrogen) atoms. The highest BCUT2D eigenvalue weighted by atomic mass is 19.1. The van der Waals surface area contributed by atoms with E-state index < -0.39 is 5.82 Å². The Balaban J connectivity index is 1.88. The second-order valence-corrected chi connectivity index (χ2v) is 6.01. The van der Waals surface area contributed by atoms with Gasteiger partial charge in [0.15, 0.2) is 17.2 Å². The summed E-state index contributed by atoms with van der Waals surface area (Å²) in [6.07, 6.45) is 4.50. The molecule has 0 spiro atoms. The lowest BCUT2D eigenvalue weighted by atomic mass is 9.86. The van der Waals surface area contributed by atoms with Gasteiger partial charge in [0, 0.05) is 17.0 Å². The van der Waals surface area contributed by atoms with Gasteiger partial charge in [-0.15, -0.1) is 0 Å². The summed E-state index contributed by atoms with van der Waals surface area (Å²) in [4.78, 5) is 12.4. The van der Waals surface area contributed by atoms with Crippen LogP contribution in [-0.4, -0.2) is 11.9 Å². The van der Waals surface area contributed by atoms with Gasteiger partial charge in [0.1, 0.15) is 0 Å². The standard InChI is InChI=1S/C17H20FNO2/c1-10-6-3-4-9-14(10)19-17(20)15-11(2)12-7-5-8-13(18)16(12)21-15/h5,7-8,10,14H,3-4,6,9H2,1-2H3,(H,19,20). The molecule has 1 aliphatic carbocycles. The third-order valence-electron chi connectivity index (χ3n) is 4.55. The Morgan fingerprint density at radius 1 is 1.33 bits per heavy atom. The van der Waals surface area contributed by atoms with Gasteiger partial charge in [-0.05, 0) is 31.7 Å². The first-order valence-corrected chi connectivity index (χ1v) is 7.56. The molecule has 1 N–H and O–H groups in total. The van der Waals surface area contributed by atoms with E-state index in [0.29, 0.717) is 16.9 Å². The number of hydrogen-bond acceptors (Lipinski definition) is 2. The van der Waals surface area contributed by atoms with Gasteiger partial charge in [-0.3, -0.25) is 4.79 Å². The smallest absolute Gasteiger partial charge is 0.287 e. The number of aryl methyl sites for hydroxylation is 1. The Hall–Kier alpha value is -1.84. The fourth-order valence-electron chi connectivity index (χ4n) is 3.19. The molecular formula is C17H20FNO2. The number of fused-ring (bicyclic) bond motifs is 1. The largest absolute Gasteiger partial charge is 0.448 e. The predicted molar refractivity (Wildman–Crippen MR) is 79.8 cm³/mol. The van der Waals surface area contributed by atoms with Gasteiger partial charge in [0.05, 0.1) is 0 Å². The number of amides is 1. The molecule has 0 saturated heterocycles. The van der Waals surface area contributed by atoms with E-state index in [1.54, 1.807) is 19.1 Å². The third-order valence-corrected chi connectivity index (χ3v) is 4.55. The number of nitrogens with one attached hydrogen (secondary N) is 1. The van der Waals surface area contributed by atoms with Gasteiger partial charge in [-0.25, -0.2) is 4.39 Å². The summed E-state index contributed by atoms with van der Waals surface area (Å²) in [5.41, 5.74) is 0.863. The van der Waals surface area contributed by atoms with Crippen LogP contribution in [0, 0.1) is 18.7 Å². The van der Waals surface area contributed by atoms with Crippen LogP contribution >= 0.6 is 0 Å². The fraction of sp³-hybridized carbons (Fsp3) is 0.471. The van der Waals surface area contributed by atoms with Crippen LogP contribution in [-0.2, 0) is 0 Å². The minimum atomic E-state index is -0.430. The zero-order valence-electron chi connectivity index (χ0n) is 12.4. The Kier molecular flexibility index (Phi) is 3.70. The van der Waals surface area contributed by atoms with Gasteiger partial charge >= 0.3 is 0 Å². The van der Waals surface area contributed by atoms with Crippen LogP contribution in [0.2, 0.25) is 0 Å². The Morgan fingerprint density at radius 3 is 2.81 bits per heavy atom. The SMILES string of the molecule is Cc1c(C(=O)NC2CCCCC2C)oc2c(F)cccc12. The van der Waals surface area contributed by atoms with Crippen molar-refractivity contribution in [3.63, 3.8) is 0 Å². The molecule has 2 atom stereocenters. The van der Waals surface area contributed by atoms with Crippen LogP contribution in [0.15, 0.2) is 22.6 Å². The number of para-hydroxylation sites is 1. The average Bonchev–Trinajstić information content (AvgIpc) is 2.81. The molecule has 0 radical (unpaired) electrons. The van der Waals surface area contributed by atoms with Gasteiger partial charge in [-0.2, -0.15) is 0 Å². The van der Waals surface area contributed by atoms with Crippen LogP contribution in [0.25, 0.3) is 11.0 Å². The van der Waals surface area contributed by atoms with Crippen molar-refractivity contribution in [3.05, 3.63) is 35.3 Å². The maximum atomic E-state index is 13.7. The van der Waals surface area contributed by atoms with Gasteiger partial charge in [-0.1, -0.05) is 31.9 Å². The van der Waals surface area contributed by atoms with Crippen molar-refractivity contribution in [1.29, 1.82) is 0 Å². The molecule has 3 rings (SSSR count). The van der Waals surface area contributed by atoms with Crippen molar-refractivity contribution in [2.24, 2.45) is 5.92 Å². The average molecular weight is 289 g/mol. The zero-order valence-corrected chi connectivity index (χ0v) is 12.4. The maximum Gasteiger partial charge on any atom is 0.287 e. The molecule has 1 fully saturated rings. The minimum Gasteiger partial charge on any atom is -0.448 e. The zero-order chi connectivity index (χ0) is 15.0. The van der Waals surface area contributed by atoms with Crippen LogP contribution in [0.5, 0.6) is 0 Å². The van der Waals surface area contributed by atoms with Crippen molar-refractivity contribution < 1.29 is 13.6 Å². The summed E-state index contributed by atoms with van der Waals surface area (Å²) in [6.45, 7) is 3.96. The van der Waals surface area contributed by atoms with E-state index in [0.717, 1.165) is 19.3 Å². The highest BCUT2D eigenvalue weighted by Gasteiger charge is 2.26. The van der Waals surface area contributed by atoms with E-state index in [2.05, 4.69) is 12.2 Å². The Morgan fingerprint density at radius 2 is 2.10 bits per heavy atom. The molecular weight excluding hydrogens is 269 g/mol. The van der Waals surface area contributed by atoms with Crippen molar-refractivity contribution in [2.75, 3.05) is 0 Å². The van der Waals surface area contributed by atoms with Gasteiger partial charge in [0.2, 0.25) is 0 Å². The van der Waals surface area contributed by atoms with Crippen LogP contribution in [0.3, 0.4) is 0 Å². The van der Waals surface area contributed by atoms with Crippen molar-refractivity contribution in [2.45, 2.75) is 45.6 Å². The summed E-state index contributed by atoms with van der Waals surface area (Å²) >= 11 is 0. The number of rotatable bonds is 2.